The first kappa shape index (κ1) is 26.4. The Kier molecular flexibility index (Phi) is 7.03. The average Bonchev–Trinajstić information content (AvgIpc) is 3.49. The number of carbonyl (C=O) groups excluding carboxylic acids is 2. The van der Waals surface area contributed by atoms with Crippen LogP contribution >= 0.6 is 0 Å². The Bertz CT molecular complexity index is 1010. The molecule has 5 rings (SSSR count). The highest BCUT2D eigenvalue weighted by molar-refractivity contribution is 5.91. The van der Waals surface area contributed by atoms with Gasteiger partial charge >= 0.3 is 11.9 Å². The molecular weight excluding hydrogens is 472 g/mol. The summed E-state index contributed by atoms with van der Waals surface area (Å²) in [5, 5.41) is 21.2. The molecule has 1 amide bonds. The zero-order chi connectivity index (χ0) is 26.5. The van der Waals surface area contributed by atoms with Gasteiger partial charge in [-0.2, -0.15) is 0 Å². The fourth-order valence-corrected chi connectivity index (χ4v) is 8.72. The number of cyclic esters (lactones) is 1. The number of carboxylic acid groups (broad SMARTS) is 1. The number of carboxylic acids is 1. The number of hydrogen-bond acceptors (Lipinski definition) is 6. The number of hydrogen-bond donors (Lipinski definition) is 2. The molecule has 2 heterocycles. The van der Waals surface area contributed by atoms with Gasteiger partial charge in [-0.1, -0.05) is 25.5 Å². The molecule has 204 valence electrons. The van der Waals surface area contributed by atoms with E-state index in [4.69, 9.17) is 4.74 Å². The van der Waals surface area contributed by atoms with Crippen molar-refractivity contribution in [2.45, 2.75) is 52.4 Å². The molecule has 0 bridgehead atoms. The summed E-state index contributed by atoms with van der Waals surface area (Å²) in [6, 6.07) is 0. The van der Waals surface area contributed by atoms with Gasteiger partial charge in [-0.15, -0.1) is 0 Å². The lowest BCUT2D eigenvalue weighted by atomic mass is 9.43. The topological polar surface area (TPSA) is 107 Å². The summed E-state index contributed by atoms with van der Waals surface area (Å²) in [6.45, 7) is 7.51. The largest absolute Gasteiger partial charge is 0.481 e. The highest BCUT2D eigenvalue weighted by Gasteiger charge is 2.61. The first-order valence-electron chi connectivity index (χ1n) is 14.0. The number of aliphatic carboxylic acids is 1. The number of carbonyl (C=O) groups is 3. The fraction of sp³-hybridized carbons (Fsp3) is 0.759. The minimum absolute atomic E-state index is 0.00431. The number of likely N-dealkylation sites (N-methyl/N-ethyl adjacent to an activating group) is 1. The summed E-state index contributed by atoms with van der Waals surface area (Å²) in [5.41, 5.74) is 1.51. The molecule has 0 aromatic rings. The molecule has 2 aliphatic heterocycles. The van der Waals surface area contributed by atoms with E-state index in [-0.39, 0.29) is 48.1 Å². The van der Waals surface area contributed by atoms with Crippen LogP contribution in [-0.2, 0) is 19.1 Å². The zero-order valence-corrected chi connectivity index (χ0v) is 22.4. The lowest BCUT2D eigenvalue weighted by Gasteiger charge is -2.61. The number of ether oxygens (including phenoxy) is 1. The van der Waals surface area contributed by atoms with Gasteiger partial charge < -0.3 is 24.7 Å². The standard InChI is InChI=1S/C29H42N2O6/c1-28-8-6-22(21(26(34)35)16-25(33)31-11-9-30(3)10-12-31)29(2,17-32)24(28)5-4-18-14-19(15-23(18)28)20-7-13-37-27(20)36/h7,14,19,21-24,32H,4-6,8-13,15-17H2,1-3H3,(H,34,35). The summed E-state index contributed by atoms with van der Waals surface area (Å²) >= 11 is 0. The van der Waals surface area contributed by atoms with E-state index in [0.717, 1.165) is 44.3 Å². The lowest BCUT2D eigenvalue weighted by Crippen LogP contribution is -2.57. The lowest BCUT2D eigenvalue weighted by molar-refractivity contribution is -0.166. The van der Waals surface area contributed by atoms with Crippen LogP contribution in [-0.4, -0.2) is 84.3 Å². The van der Waals surface area contributed by atoms with Crippen LogP contribution in [0.15, 0.2) is 23.3 Å². The van der Waals surface area contributed by atoms with Crippen LogP contribution < -0.4 is 0 Å². The minimum atomic E-state index is -0.931. The Hall–Kier alpha value is -2.19. The molecule has 2 N–H and O–H groups in total. The molecule has 0 aromatic heterocycles. The number of aliphatic hydroxyl groups is 1. The van der Waals surface area contributed by atoms with Crippen LogP contribution in [0.25, 0.3) is 0 Å². The Labute approximate surface area is 219 Å². The zero-order valence-electron chi connectivity index (χ0n) is 22.4. The van der Waals surface area contributed by atoms with Crippen molar-refractivity contribution >= 4 is 17.8 Å². The van der Waals surface area contributed by atoms with Crippen LogP contribution in [0, 0.1) is 40.4 Å². The number of nitrogens with zero attached hydrogens (tertiary/aromatic N) is 2. The van der Waals surface area contributed by atoms with E-state index in [2.05, 4.69) is 24.8 Å². The molecule has 5 aliphatic rings. The summed E-state index contributed by atoms with van der Waals surface area (Å²) in [6.07, 6.45) is 8.39. The number of allylic oxidation sites excluding steroid dienone is 2. The monoisotopic (exact) mass is 514 g/mol. The molecule has 0 spiro atoms. The van der Waals surface area contributed by atoms with Crippen molar-refractivity contribution < 1.29 is 29.3 Å². The SMILES string of the molecule is CN1CCN(C(=O)CC(C(=O)O)C2CCC3(C)C4CC(C5=CCOC5=O)C=C4CCC3C2(C)CO)CC1. The van der Waals surface area contributed by atoms with Crippen molar-refractivity contribution in [1.82, 2.24) is 9.80 Å². The molecule has 3 fully saturated rings. The molecule has 0 radical (unpaired) electrons. The van der Waals surface area contributed by atoms with Crippen molar-refractivity contribution in [3.8, 4) is 0 Å². The smallest absolute Gasteiger partial charge is 0.334 e. The number of esters is 1. The van der Waals surface area contributed by atoms with Crippen LogP contribution in [0.2, 0.25) is 0 Å². The molecule has 37 heavy (non-hydrogen) atoms. The molecule has 8 heteroatoms. The van der Waals surface area contributed by atoms with Crippen molar-refractivity contribution in [2.75, 3.05) is 46.4 Å². The molecule has 0 aromatic carbocycles. The van der Waals surface area contributed by atoms with Gasteiger partial charge in [0.2, 0.25) is 5.91 Å². The van der Waals surface area contributed by atoms with Gasteiger partial charge in [0.25, 0.3) is 0 Å². The summed E-state index contributed by atoms with van der Waals surface area (Å²) in [7, 11) is 2.03. The first-order chi connectivity index (χ1) is 17.6. The second-order valence-corrected chi connectivity index (χ2v) is 12.6. The third kappa shape index (κ3) is 4.44. The molecule has 3 aliphatic carbocycles. The van der Waals surface area contributed by atoms with Gasteiger partial charge in [0, 0.05) is 50.7 Å². The van der Waals surface area contributed by atoms with E-state index < -0.39 is 17.3 Å². The Balaban J connectivity index is 1.36. The van der Waals surface area contributed by atoms with E-state index in [1.54, 1.807) is 4.90 Å². The predicted octanol–water partition coefficient (Wildman–Crippen LogP) is 2.72. The van der Waals surface area contributed by atoms with E-state index in [9.17, 15) is 24.6 Å². The maximum atomic E-state index is 13.2. The van der Waals surface area contributed by atoms with Gasteiger partial charge in [-0.3, -0.25) is 9.59 Å². The molecule has 7 unspecified atom stereocenters. The summed E-state index contributed by atoms with van der Waals surface area (Å²) < 4.78 is 5.17. The molecule has 2 saturated carbocycles. The van der Waals surface area contributed by atoms with E-state index in [1.807, 2.05) is 13.1 Å². The number of aliphatic hydroxyl groups excluding tert-OH is 1. The number of piperazine rings is 1. The van der Waals surface area contributed by atoms with E-state index in [0.29, 0.717) is 32.0 Å². The summed E-state index contributed by atoms with van der Waals surface area (Å²) in [5.74, 6) is -1.75. The van der Waals surface area contributed by atoms with Crippen molar-refractivity contribution in [1.29, 1.82) is 0 Å². The second kappa shape index (κ2) is 9.84. The van der Waals surface area contributed by atoms with Crippen LogP contribution in [0.3, 0.4) is 0 Å². The maximum absolute atomic E-state index is 13.2. The van der Waals surface area contributed by atoms with Gasteiger partial charge in [-0.05, 0) is 73.8 Å². The number of amides is 1. The maximum Gasteiger partial charge on any atom is 0.334 e. The average molecular weight is 515 g/mol. The number of rotatable bonds is 6. The first-order valence-corrected chi connectivity index (χ1v) is 14.0. The van der Waals surface area contributed by atoms with Crippen LogP contribution in [0.5, 0.6) is 0 Å². The summed E-state index contributed by atoms with van der Waals surface area (Å²) in [4.78, 5) is 42.0. The quantitative estimate of drug-likeness (QED) is 0.415. The molecular formula is C29H42N2O6. The highest BCUT2D eigenvalue weighted by atomic mass is 16.5. The van der Waals surface area contributed by atoms with Gasteiger partial charge in [0.1, 0.15) is 6.61 Å². The highest BCUT2D eigenvalue weighted by Crippen LogP contribution is 2.66. The molecule has 8 nitrogen and oxygen atoms in total. The van der Waals surface area contributed by atoms with Gasteiger partial charge in [0.15, 0.2) is 0 Å². The van der Waals surface area contributed by atoms with Crippen LogP contribution in [0.4, 0.5) is 0 Å². The normalized spacial score (nSPS) is 38.8. The molecule has 1 saturated heterocycles. The van der Waals surface area contributed by atoms with E-state index >= 15 is 0 Å². The van der Waals surface area contributed by atoms with Gasteiger partial charge in [-0.25, -0.2) is 4.79 Å². The Morgan fingerprint density at radius 3 is 2.54 bits per heavy atom. The minimum Gasteiger partial charge on any atom is -0.481 e. The van der Waals surface area contributed by atoms with Crippen molar-refractivity contribution in [3.63, 3.8) is 0 Å². The Morgan fingerprint density at radius 2 is 1.92 bits per heavy atom. The Morgan fingerprint density at radius 1 is 1.19 bits per heavy atom. The second-order valence-electron chi connectivity index (χ2n) is 12.6. The van der Waals surface area contributed by atoms with Crippen LogP contribution in [0.1, 0.15) is 52.4 Å². The molecule has 7 atom stereocenters. The van der Waals surface area contributed by atoms with Crippen molar-refractivity contribution in [2.24, 2.45) is 40.4 Å². The predicted molar refractivity (Wildman–Crippen MR) is 137 cm³/mol. The third-order valence-corrected chi connectivity index (χ3v) is 10.9. The van der Waals surface area contributed by atoms with Crippen molar-refractivity contribution in [3.05, 3.63) is 23.3 Å². The van der Waals surface area contributed by atoms with E-state index in [1.165, 1.54) is 5.57 Å². The van der Waals surface area contributed by atoms with Gasteiger partial charge in [0.05, 0.1) is 5.92 Å². The fourth-order valence-electron chi connectivity index (χ4n) is 8.72. The number of fused-ring (bicyclic) bond motifs is 3. The third-order valence-electron chi connectivity index (χ3n) is 10.9.